The fraction of sp³-hybridized carbons (Fsp3) is 0.250. The summed E-state index contributed by atoms with van der Waals surface area (Å²) in [6, 6.07) is 0. The summed E-state index contributed by atoms with van der Waals surface area (Å²) in [5, 5.41) is 10.8. The highest BCUT2D eigenvalue weighted by molar-refractivity contribution is 5.35. The van der Waals surface area contributed by atoms with Gasteiger partial charge in [-0.3, -0.25) is 4.84 Å². The Hall–Kier alpha value is -0.910. The summed E-state index contributed by atoms with van der Waals surface area (Å²) in [6.07, 6.45) is 2.78. The van der Waals surface area contributed by atoms with Crippen molar-refractivity contribution in [2.45, 2.75) is 0 Å². The molecule has 1 aliphatic rings. The first-order valence-corrected chi connectivity index (χ1v) is 2.41. The standard InChI is InChI=1S/C4H6N2O3/c7-4-9-6(8)3-1-2-5-6/h1,3-5H,2H2. The van der Waals surface area contributed by atoms with Crippen LogP contribution in [0.3, 0.4) is 0 Å². The Morgan fingerprint density at radius 1 is 1.89 bits per heavy atom. The van der Waals surface area contributed by atoms with Crippen molar-refractivity contribution < 1.29 is 14.6 Å². The molecule has 0 fully saturated rings. The zero-order valence-electron chi connectivity index (χ0n) is 4.61. The molecule has 1 heterocycles. The van der Waals surface area contributed by atoms with Gasteiger partial charge in [0.1, 0.15) is 0 Å². The molecule has 0 aliphatic carbocycles. The lowest BCUT2D eigenvalue weighted by Crippen LogP contribution is -2.44. The van der Waals surface area contributed by atoms with Crippen LogP contribution in [-0.2, 0) is 9.63 Å². The Morgan fingerprint density at radius 3 is 3.11 bits per heavy atom. The average Bonchev–Trinajstić information content (AvgIpc) is 2.16. The number of rotatable bonds is 2. The number of carbonyl (C=O) groups excluding carboxylic acids is 1. The summed E-state index contributed by atoms with van der Waals surface area (Å²) in [6.45, 7) is 0.535. The molecule has 1 N–H and O–H groups in total. The monoisotopic (exact) mass is 130 g/mol. The van der Waals surface area contributed by atoms with E-state index in [1.54, 1.807) is 6.08 Å². The number of hydroxylamine groups is 2. The highest BCUT2D eigenvalue weighted by Crippen LogP contribution is 2.04. The van der Waals surface area contributed by atoms with Crippen LogP contribution < -0.4 is 5.43 Å². The third-order valence-corrected chi connectivity index (χ3v) is 0.931. The minimum Gasteiger partial charge on any atom is -0.563 e. The number of nitrogens with zero attached hydrogens (tertiary/aromatic N) is 1. The molecule has 50 valence electrons. The molecule has 5 nitrogen and oxygen atoms in total. The summed E-state index contributed by atoms with van der Waals surface area (Å²) in [5.74, 6) is 0. The molecule has 0 radical (unpaired) electrons. The highest BCUT2D eigenvalue weighted by Gasteiger charge is 2.18. The van der Waals surface area contributed by atoms with Crippen LogP contribution in [0.25, 0.3) is 0 Å². The molecule has 0 aromatic heterocycles. The van der Waals surface area contributed by atoms with Crippen molar-refractivity contribution in [2.24, 2.45) is 0 Å². The van der Waals surface area contributed by atoms with E-state index in [9.17, 15) is 10.0 Å². The van der Waals surface area contributed by atoms with Crippen LogP contribution in [0, 0.1) is 5.21 Å². The first-order chi connectivity index (χ1) is 4.27. The van der Waals surface area contributed by atoms with Crippen molar-refractivity contribution in [1.29, 1.82) is 0 Å². The SMILES string of the molecule is O=CO[N+]1([O-])C=CCN1. The molecular weight excluding hydrogens is 124 g/mol. The zero-order valence-corrected chi connectivity index (χ0v) is 4.61. The molecule has 0 bridgehead atoms. The van der Waals surface area contributed by atoms with Crippen molar-refractivity contribution in [3.05, 3.63) is 17.5 Å². The highest BCUT2D eigenvalue weighted by atomic mass is 17.0. The van der Waals surface area contributed by atoms with Gasteiger partial charge in [-0.2, -0.15) is 0 Å². The summed E-state index contributed by atoms with van der Waals surface area (Å²) in [7, 11) is 0. The van der Waals surface area contributed by atoms with Crippen molar-refractivity contribution in [3.8, 4) is 0 Å². The van der Waals surface area contributed by atoms with Gasteiger partial charge in [0.15, 0.2) is 6.20 Å². The van der Waals surface area contributed by atoms with Crippen LogP contribution in [0.1, 0.15) is 0 Å². The topological polar surface area (TPSA) is 61.4 Å². The smallest absolute Gasteiger partial charge is 0.359 e. The largest absolute Gasteiger partial charge is 0.563 e. The molecule has 5 heteroatoms. The van der Waals surface area contributed by atoms with Crippen LogP contribution in [0.2, 0.25) is 0 Å². The predicted molar refractivity (Wildman–Crippen MR) is 27.9 cm³/mol. The second kappa shape index (κ2) is 2.14. The Morgan fingerprint density at radius 2 is 2.67 bits per heavy atom. The minimum atomic E-state index is -1.20. The van der Waals surface area contributed by atoms with E-state index in [2.05, 4.69) is 10.3 Å². The Bertz CT molecular complexity index is 147. The third-order valence-electron chi connectivity index (χ3n) is 0.931. The summed E-state index contributed by atoms with van der Waals surface area (Å²) < 4.78 is 0. The Kier molecular flexibility index (Phi) is 1.48. The first kappa shape index (κ1) is 6.21. The van der Waals surface area contributed by atoms with Gasteiger partial charge < -0.3 is 5.21 Å². The normalized spacial score (nSPS) is 32.6. The van der Waals surface area contributed by atoms with Gasteiger partial charge in [0.05, 0.1) is 6.54 Å². The lowest BCUT2D eigenvalue weighted by Gasteiger charge is -2.27. The molecule has 1 rings (SSSR count). The molecule has 0 saturated heterocycles. The van der Waals surface area contributed by atoms with E-state index < -0.39 is 4.92 Å². The molecule has 0 spiro atoms. The lowest BCUT2D eigenvalue weighted by molar-refractivity contribution is -1.04. The van der Waals surface area contributed by atoms with Gasteiger partial charge in [0.25, 0.3) is 0 Å². The maximum Gasteiger partial charge on any atom is 0.359 e. The van der Waals surface area contributed by atoms with E-state index in [0.29, 0.717) is 6.54 Å². The number of hydrogen-bond donors (Lipinski definition) is 1. The van der Waals surface area contributed by atoms with Gasteiger partial charge >= 0.3 is 6.47 Å². The van der Waals surface area contributed by atoms with Crippen LogP contribution in [-0.4, -0.2) is 17.9 Å². The lowest BCUT2D eigenvalue weighted by atomic mass is 10.7. The van der Waals surface area contributed by atoms with E-state index in [0.717, 1.165) is 0 Å². The molecule has 1 unspecified atom stereocenters. The van der Waals surface area contributed by atoms with E-state index >= 15 is 0 Å². The molecule has 9 heavy (non-hydrogen) atoms. The van der Waals surface area contributed by atoms with Crippen LogP contribution in [0.15, 0.2) is 12.3 Å². The number of hydrogen-bond acceptors (Lipinski definition) is 4. The maximum atomic E-state index is 10.8. The van der Waals surface area contributed by atoms with E-state index in [1.165, 1.54) is 6.20 Å². The number of quaternary nitrogens is 1. The van der Waals surface area contributed by atoms with Gasteiger partial charge in [-0.15, -0.1) is 5.43 Å². The summed E-state index contributed by atoms with van der Waals surface area (Å²) in [4.78, 5) is 12.5. The van der Waals surface area contributed by atoms with E-state index in [4.69, 9.17) is 0 Å². The van der Waals surface area contributed by atoms with Crippen molar-refractivity contribution in [3.63, 3.8) is 0 Å². The van der Waals surface area contributed by atoms with Crippen LogP contribution in [0.4, 0.5) is 0 Å². The van der Waals surface area contributed by atoms with E-state index in [1.807, 2.05) is 0 Å². The van der Waals surface area contributed by atoms with Crippen LogP contribution >= 0.6 is 0 Å². The van der Waals surface area contributed by atoms with Crippen molar-refractivity contribution >= 4 is 6.47 Å². The Balaban J connectivity index is 2.51. The van der Waals surface area contributed by atoms with Gasteiger partial charge in [0.2, 0.25) is 0 Å². The van der Waals surface area contributed by atoms with E-state index in [-0.39, 0.29) is 6.47 Å². The minimum absolute atomic E-state index is 0.107. The molecule has 0 saturated carbocycles. The van der Waals surface area contributed by atoms with Gasteiger partial charge in [-0.05, 0) is 6.08 Å². The van der Waals surface area contributed by atoms with Crippen molar-refractivity contribution in [2.75, 3.05) is 6.54 Å². The fourth-order valence-corrected chi connectivity index (χ4v) is 0.560. The Labute approximate surface area is 51.6 Å². The number of nitrogens with one attached hydrogen (secondary N) is 1. The fourth-order valence-electron chi connectivity index (χ4n) is 0.560. The quantitative estimate of drug-likeness (QED) is 0.308. The van der Waals surface area contributed by atoms with Gasteiger partial charge in [-0.1, -0.05) is 4.92 Å². The first-order valence-electron chi connectivity index (χ1n) is 2.41. The number of carbonyl (C=O) groups is 1. The average molecular weight is 130 g/mol. The third kappa shape index (κ3) is 1.26. The van der Waals surface area contributed by atoms with Crippen molar-refractivity contribution in [1.82, 2.24) is 5.43 Å². The maximum absolute atomic E-state index is 10.8. The zero-order chi connectivity index (χ0) is 6.74. The molecule has 0 aromatic carbocycles. The van der Waals surface area contributed by atoms with Gasteiger partial charge in [0, 0.05) is 0 Å². The second-order valence-corrected chi connectivity index (χ2v) is 1.55. The van der Waals surface area contributed by atoms with Gasteiger partial charge in [-0.25, -0.2) is 4.79 Å². The molecule has 1 atom stereocenters. The van der Waals surface area contributed by atoms with Crippen LogP contribution in [0.5, 0.6) is 0 Å². The summed E-state index contributed by atoms with van der Waals surface area (Å²) >= 11 is 0. The molecular formula is C4H6N2O3. The summed E-state index contributed by atoms with van der Waals surface area (Å²) in [5.41, 5.74) is 2.35. The predicted octanol–water partition coefficient (Wildman–Crippen LogP) is -0.579. The molecule has 0 amide bonds. The molecule has 0 aromatic rings. The second-order valence-electron chi connectivity index (χ2n) is 1.55. The molecule has 1 aliphatic heterocycles.